The van der Waals surface area contributed by atoms with Crippen LogP contribution in [0.5, 0.6) is 5.75 Å². The Morgan fingerprint density at radius 3 is 2.29 bits per heavy atom. The highest BCUT2D eigenvalue weighted by Gasteiger charge is 2.42. The molecular formula is C16H21NO4. The number of nitrogens with zero attached hydrogens (tertiary/aromatic N) is 1. The lowest BCUT2D eigenvalue weighted by Crippen LogP contribution is -2.36. The molecule has 21 heavy (non-hydrogen) atoms. The van der Waals surface area contributed by atoms with Gasteiger partial charge in [0.1, 0.15) is 5.75 Å². The SMILES string of the molecule is COc1ccc(N(C)C(=O)C2CC(C)CC2C(=O)O)cc1. The van der Waals surface area contributed by atoms with E-state index in [0.717, 1.165) is 11.4 Å². The number of carboxylic acid groups (broad SMARTS) is 1. The molecule has 1 amide bonds. The topological polar surface area (TPSA) is 66.8 Å². The van der Waals surface area contributed by atoms with Crippen molar-refractivity contribution in [2.24, 2.45) is 17.8 Å². The van der Waals surface area contributed by atoms with Gasteiger partial charge in [-0.1, -0.05) is 6.92 Å². The summed E-state index contributed by atoms with van der Waals surface area (Å²) in [4.78, 5) is 25.4. The molecule has 0 bridgehead atoms. The minimum Gasteiger partial charge on any atom is -0.497 e. The van der Waals surface area contributed by atoms with Gasteiger partial charge in [-0.05, 0) is 43.0 Å². The molecule has 1 saturated carbocycles. The Kier molecular flexibility index (Phi) is 4.50. The Hall–Kier alpha value is -2.04. The Morgan fingerprint density at radius 2 is 1.76 bits per heavy atom. The zero-order chi connectivity index (χ0) is 15.6. The van der Waals surface area contributed by atoms with E-state index < -0.39 is 17.8 Å². The number of hydrogen-bond acceptors (Lipinski definition) is 3. The van der Waals surface area contributed by atoms with Gasteiger partial charge in [0.2, 0.25) is 5.91 Å². The minimum atomic E-state index is -0.874. The van der Waals surface area contributed by atoms with Crippen LogP contribution in [-0.2, 0) is 9.59 Å². The maximum atomic E-state index is 12.6. The van der Waals surface area contributed by atoms with E-state index in [1.54, 1.807) is 38.4 Å². The molecule has 3 unspecified atom stereocenters. The number of anilines is 1. The van der Waals surface area contributed by atoms with Crippen LogP contribution in [0.2, 0.25) is 0 Å². The number of benzene rings is 1. The van der Waals surface area contributed by atoms with Gasteiger partial charge in [0.15, 0.2) is 0 Å². The van der Waals surface area contributed by atoms with Gasteiger partial charge >= 0.3 is 5.97 Å². The molecule has 0 aromatic heterocycles. The van der Waals surface area contributed by atoms with E-state index in [1.165, 1.54) is 4.90 Å². The summed E-state index contributed by atoms with van der Waals surface area (Å²) < 4.78 is 5.09. The Morgan fingerprint density at radius 1 is 1.19 bits per heavy atom. The van der Waals surface area contributed by atoms with Crippen molar-refractivity contribution in [3.05, 3.63) is 24.3 Å². The lowest BCUT2D eigenvalue weighted by Gasteiger charge is -2.23. The maximum Gasteiger partial charge on any atom is 0.307 e. The molecule has 1 aliphatic rings. The van der Waals surface area contributed by atoms with Crippen molar-refractivity contribution in [2.45, 2.75) is 19.8 Å². The van der Waals surface area contributed by atoms with Gasteiger partial charge in [-0.15, -0.1) is 0 Å². The molecule has 2 rings (SSSR count). The van der Waals surface area contributed by atoms with E-state index in [9.17, 15) is 14.7 Å². The van der Waals surface area contributed by atoms with Crippen LogP contribution < -0.4 is 9.64 Å². The molecule has 5 nitrogen and oxygen atoms in total. The number of aliphatic carboxylic acids is 1. The second kappa shape index (κ2) is 6.16. The van der Waals surface area contributed by atoms with Crippen LogP contribution >= 0.6 is 0 Å². The third-order valence-corrected chi connectivity index (χ3v) is 4.22. The molecule has 1 aromatic carbocycles. The van der Waals surface area contributed by atoms with Crippen molar-refractivity contribution in [3.8, 4) is 5.75 Å². The first-order valence-electron chi connectivity index (χ1n) is 7.08. The number of amides is 1. The summed E-state index contributed by atoms with van der Waals surface area (Å²) in [6.07, 6.45) is 1.21. The van der Waals surface area contributed by atoms with Gasteiger partial charge in [-0.25, -0.2) is 0 Å². The van der Waals surface area contributed by atoms with Crippen LogP contribution in [0.4, 0.5) is 5.69 Å². The fourth-order valence-corrected chi connectivity index (χ4v) is 3.02. The summed E-state index contributed by atoms with van der Waals surface area (Å²) in [6, 6.07) is 7.16. The second-order valence-corrected chi connectivity index (χ2v) is 5.72. The molecule has 5 heteroatoms. The van der Waals surface area contributed by atoms with Gasteiger partial charge in [0, 0.05) is 12.7 Å². The molecule has 0 aliphatic heterocycles. The maximum absolute atomic E-state index is 12.6. The lowest BCUT2D eigenvalue weighted by atomic mass is 9.94. The number of hydrogen-bond donors (Lipinski definition) is 1. The fourth-order valence-electron chi connectivity index (χ4n) is 3.02. The molecule has 1 fully saturated rings. The predicted octanol–water partition coefficient (Wildman–Crippen LogP) is 2.40. The van der Waals surface area contributed by atoms with Crippen LogP contribution in [0.1, 0.15) is 19.8 Å². The van der Waals surface area contributed by atoms with Crippen LogP contribution in [0.25, 0.3) is 0 Å². The summed E-state index contributed by atoms with van der Waals surface area (Å²) in [7, 11) is 3.27. The largest absolute Gasteiger partial charge is 0.497 e. The first-order chi connectivity index (χ1) is 9.93. The van der Waals surface area contributed by atoms with Crippen molar-refractivity contribution >= 4 is 17.6 Å². The van der Waals surface area contributed by atoms with E-state index >= 15 is 0 Å². The highest BCUT2D eigenvalue weighted by atomic mass is 16.5. The van der Waals surface area contributed by atoms with Gasteiger partial charge < -0.3 is 14.7 Å². The lowest BCUT2D eigenvalue weighted by molar-refractivity contribution is -0.145. The molecule has 0 heterocycles. The molecule has 1 N–H and O–H groups in total. The van der Waals surface area contributed by atoms with Gasteiger partial charge in [0.25, 0.3) is 0 Å². The predicted molar refractivity (Wildman–Crippen MR) is 79.4 cm³/mol. The van der Waals surface area contributed by atoms with Gasteiger partial charge in [0.05, 0.1) is 18.9 Å². The number of methoxy groups -OCH3 is 1. The van der Waals surface area contributed by atoms with Crippen molar-refractivity contribution in [1.82, 2.24) is 0 Å². The van der Waals surface area contributed by atoms with Gasteiger partial charge in [-0.2, -0.15) is 0 Å². The Labute approximate surface area is 124 Å². The Balaban J connectivity index is 2.15. The number of ether oxygens (including phenoxy) is 1. The number of rotatable bonds is 4. The highest BCUT2D eigenvalue weighted by molar-refractivity contribution is 5.97. The summed E-state index contributed by atoms with van der Waals surface area (Å²) in [6.45, 7) is 2.00. The summed E-state index contributed by atoms with van der Waals surface area (Å²) in [5.74, 6) is -1.03. The summed E-state index contributed by atoms with van der Waals surface area (Å²) >= 11 is 0. The second-order valence-electron chi connectivity index (χ2n) is 5.72. The smallest absolute Gasteiger partial charge is 0.307 e. The minimum absolute atomic E-state index is 0.128. The quantitative estimate of drug-likeness (QED) is 0.925. The van der Waals surface area contributed by atoms with Crippen LogP contribution in [0.15, 0.2) is 24.3 Å². The van der Waals surface area contributed by atoms with E-state index in [2.05, 4.69) is 0 Å². The van der Waals surface area contributed by atoms with Crippen LogP contribution in [0.3, 0.4) is 0 Å². The number of carbonyl (C=O) groups is 2. The van der Waals surface area contributed by atoms with Gasteiger partial charge in [-0.3, -0.25) is 9.59 Å². The first kappa shape index (κ1) is 15.4. The van der Waals surface area contributed by atoms with Crippen molar-refractivity contribution in [3.63, 3.8) is 0 Å². The average molecular weight is 291 g/mol. The highest BCUT2D eigenvalue weighted by Crippen LogP contribution is 2.38. The van der Waals surface area contributed by atoms with Crippen molar-refractivity contribution < 1.29 is 19.4 Å². The van der Waals surface area contributed by atoms with E-state index in [0.29, 0.717) is 12.8 Å². The first-order valence-corrected chi connectivity index (χ1v) is 7.08. The van der Waals surface area contributed by atoms with E-state index in [4.69, 9.17) is 4.74 Å². The van der Waals surface area contributed by atoms with Crippen molar-refractivity contribution in [2.75, 3.05) is 19.1 Å². The molecule has 1 aromatic rings. The molecule has 0 spiro atoms. The van der Waals surface area contributed by atoms with E-state index in [-0.39, 0.29) is 11.8 Å². The van der Waals surface area contributed by atoms with E-state index in [1.807, 2.05) is 6.92 Å². The standard InChI is InChI=1S/C16H21NO4/c1-10-8-13(14(9-10)16(19)20)15(18)17(2)11-4-6-12(21-3)7-5-11/h4-7,10,13-14H,8-9H2,1-3H3,(H,19,20). The molecular weight excluding hydrogens is 270 g/mol. The molecule has 3 atom stereocenters. The zero-order valence-corrected chi connectivity index (χ0v) is 12.6. The monoisotopic (exact) mass is 291 g/mol. The number of carbonyl (C=O) groups excluding carboxylic acids is 1. The Bertz CT molecular complexity index is 526. The summed E-state index contributed by atoms with van der Waals surface area (Å²) in [5, 5.41) is 9.28. The van der Waals surface area contributed by atoms with Crippen LogP contribution in [0, 0.1) is 17.8 Å². The molecule has 114 valence electrons. The summed E-state index contributed by atoms with van der Waals surface area (Å²) in [5.41, 5.74) is 0.740. The average Bonchev–Trinajstić information content (AvgIpc) is 2.88. The third kappa shape index (κ3) is 3.17. The number of carboxylic acids is 1. The third-order valence-electron chi connectivity index (χ3n) is 4.22. The van der Waals surface area contributed by atoms with Crippen LogP contribution in [-0.4, -0.2) is 31.1 Å². The molecule has 1 aliphatic carbocycles. The normalized spacial score (nSPS) is 24.6. The molecule has 0 radical (unpaired) electrons. The zero-order valence-electron chi connectivity index (χ0n) is 12.6. The molecule has 0 saturated heterocycles. The van der Waals surface area contributed by atoms with Crippen molar-refractivity contribution in [1.29, 1.82) is 0 Å². The fraction of sp³-hybridized carbons (Fsp3) is 0.500.